The van der Waals surface area contributed by atoms with Gasteiger partial charge in [0.05, 0.1) is 18.9 Å². The van der Waals surface area contributed by atoms with Crippen LogP contribution in [0.2, 0.25) is 0 Å². The standard InChI is InChI=1S/C10H11N3O2/c11-6-8(9-2-1-5-15-9)13-4-3-12-7-10(13)14/h1-2,5,8,12H,3-4,7H2. The third-order valence-electron chi connectivity index (χ3n) is 2.37. The minimum Gasteiger partial charge on any atom is -0.466 e. The molecule has 15 heavy (non-hydrogen) atoms. The van der Waals surface area contributed by atoms with E-state index in [4.69, 9.17) is 9.68 Å². The lowest BCUT2D eigenvalue weighted by atomic mass is 10.2. The molecule has 1 atom stereocenters. The van der Waals surface area contributed by atoms with Gasteiger partial charge in [-0.05, 0) is 12.1 Å². The fourth-order valence-electron chi connectivity index (χ4n) is 1.63. The van der Waals surface area contributed by atoms with E-state index in [1.165, 1.54) is 11.2 Å². The van der Waals surface area contributed by atoms with E-state index in [9.17, 15) is 4.79 Å². The maximum Gasteiger partial charge on any atom is 0.237 e. The molecule has 0 saturated carbocycles. The van der Waals surface area contributed by atoms with Gasteiger partial charge in [0.15, 0.2) is 6.04 Å². The molecule has 1 unspecified atom stereocenters. The van der Waals surface area contributed by atoms with Crippen molar-refractivity contribution in [3.8, 4) is 6.07 Å². The molecule has 0 spiro atoms. The summed E-state index contributed by atoms with van der Waals surface area (Å²) in [6.45, 7) is 1.54. The Morgan fingerprint density at radius 2 is 2.53 bits per heavy atom. The van der Waals surface area contributed by atoms with E-state index in [0.29, 0.717) is 25.4 Å². The zero-order valence-electron chi connectivity index (χ0n) is 8.14. The number of rotatable bonds is 2. The normalized spacial score (nSPS) is 18.6. The van der Waals surface area contributed by atoms with Gasteiger partial charge in [-0.3, -0.25) is 4.79 Å². The Morgan fingerprint density at radius 3 is 3.13 bits per heavy atom. The van der Waals surface area contributed by atoms with Crippen molar-refractivity contribution >= 4 is 5.91 Å². The van der Waals surface area contributed by atoms with Gasteiger partial charge in [-0.15, -0.1) is 0 Å². The molecule has 1 N–H and O–H groups in total. The molecule has 1 fully saturated rings. The Labute approximate surface area is 87.3 Å². The number of amides is 1. The highest BCUT2D eigenvalue weighted by Gasteiger charge is 2.28. The van der Waals surface area contributed by atoms with Crippen LogP contribution in [0.15, 0.2) is 22.8 Å². The molecule has 0 bridgehead atoms. The first-order valence-corrected chi connectivity index (χ1v) is 4.76. The van der Waals surface area contributed by atoms with Crippen molar-refractivity contribution in [3.63, 3.8) is 0 Å². The zero-order chi connectivity index (χ0) is 10.7. The van der Waals surface area contributed by atoms with Crippen LogP contribution in [0.5, 0.6) is 0 Å². The van der Waals surface area contributed by atoms with Gasteiger partial charge in [0, 0.05) is 13.1 Å². The SMILES string of the molecule is N#CC(c1ccco1)N1CCNCC1=O. The van der Waals surface area contributed by atoms with Crippen LogP contribution in [-0.2, 0) is 4.79 Å². The quantitative estimate of drug-likeness (QED) is 0.752. The lowest BCUT2D eigenvalue weighted by Gasteiger charge is -2.29. The van der Waals surface area contributed by atoms with Crippen LogP contribution < -0.4 is 5.32 Å². The van der Waals surface area contributed by atoms with Gasteiger partial charge in [-0.25, -0.2) is 0 Å². The molecule has 1 aliphatic rings. The van der Waals surface area contributed by atoms with Crippen LogP contribution in [0.4, 0.5) is 0 Å². The Morgan fingerprint density at radius 1 is 1.67 bits per heavy atom. The highest BCUT2D eigenvalue weighted by atomic mass is 16.3. The maximum atomic E-state index is 11.6. The molecule has 1 aromatic rings. The van der Waals surface area contributed by atoms with E-state index in [0.717, 1.165) is 0 Å². The number of nitrogens with one attached hydrogen (secondary N) is 1. The first-order chi connectivity index (χ1) is 7.33. The van der Waals surface area contributed by atoms with Crippen LogP contribution in [0.25, 0.3) is 0 Å². The van der Waals surface area contributed by atoms with E-state index >= 15 is 0 Å². The largest absolute Gasteiger partial charge is 0.466 e. The minimum absolute atomic E-state index is 0.0656. The van der Waals surface area contributed by atoms with Crippen LogP contribution >= 0.6 is 0 Å². The summed E-state index contributed by atoms with van der Waals surface area (Å²) < 4.78 is 5.15. The molecule has 5 nitrogen and oxygen atoms in total. The number of hydrogen-bond acceptors (Lipinski definition) is 4. The average molecular weight is 205 g/mol. The fraction of sp³-hybridized carbons (Fsp3) is 0.400. The Bertz CT molecular complexity index is 380. The lowest BCUT2D eigenvalue weighted by molar-refractivity contribution is -0.133. The zero-order valence-corrected chi connectivity index (χ0v) is 8.14. The Balaban J connectivity index is 2.20. The van der Waals surface area contributed by atoms with Crippen LogP contribution in [-0.4, -0.2) is 30.4 Å². The predicted octanol–water partition coefficient (Wildman–Crippen LogP) is 0.276. The number of furan rings is 1. The molecular weight excluding hydrogens is 194 g/mol. The summed E-state index contributed by atoms with van der Waals surface area (Å²) in [6, 6.07) is 4.91. The monoisotopic (exact) mass is 205 g/mol. The van der Waals surface area contributed by atoms with Gasteiger partial charge in [0.2, 0.25) is 5.91 Å². The molecule has 0 aliphatic carbocycles. The fourth-order valence-corrected chi connectivity index (χ4v) is 1.63. The van der Waals surface area contributed by atoms with Crippen LogP contribution in [0, 0.1) is 11.3 Å². The van der Waals surface area contributed by atoms with Gasteiger partial charge in [0.25, 0.3) is 0 Å². The molecule has 1 amide bonds. The van der Waals surface area contributed by atoms with Crippen molar-refractivity contribution in [2.75, 3.05) is 19.6 Å². The smallest absolute Gasteiger partial charge is 0.237 e. The predicted molar refractivity (Wildman–Crippen MR) is 51.6 cm³/mol. The van der Waals surface area contributed by atoms with Crippen molar-refractivity contribution in [1.82, 2.24) is 10.2 Å². The number of nitriles is 1. The van der Waals surface area contributed by atoms with E-state index in [1.807, 2.05) is 0 Å². The highest BCUT2D eigenvalue weighted by Crippen LogP contribution is 2.20. The summed E-state index contributed by atoms with van der Waals surface area (Å²) in [5.41, 5.74) is 0. The second-order valence-corrected chi connectivity index (χ2v) is 3.31. The van der Waals surface area contributed by atoms with Gasteiger partial charge in [-0.1, -0.05) is 0 Å². The van der Waals surface area contributed by atoms with Crippen LogP contribution in [0.3, 0.4) is 0 Å². The molecule has 0 aromatic carbocycles. The number of piperazine rings is 1. The molecule has 78 valence electrons. The van der Waals surface area contributed by atoms with Gasteiger partial charge >= 0.3 is 0 Å². The van der Waals surface area contributed by atoms with Gasteiger partial charge < -0.3 is 14.6 Å². The summed E-state index contributed by atoms with van der Waals surface area (Å²) in [4.78, 5) is 13.1. The third kappa shape index (κ3) is 1.85. The van der Waals surface area contributed by atoms with Crippen molar-refractivity contribution in [2.24, 2.45) is 0 Å². The summed E-state index contributed by atoms with van der Waals surface area (Å²) in [5, 5.41) is 12.0. The van der Waals surface area contributed by atoms with Crippen molar-refractivity contribution in [1.29, 1.82) is 5.26 Å². The van der Waals surface area contributed by atoms with Crippen molar-refractivity contribution < 1.29 is 9.21 Å². The molecule has 0 radical (unpaired) electrons. The molecular formula is C10H11N3O2. The average Bonchev–Trinajstić information content (AvgIpc) is 2.75. The van der Waals surface area contributed by atoms with Gasteiger partial charge in [-0.2, -0.15) is 5.26 Å². The van der Waals surface area contributed by atoms with Crippen molar-refractivity contribution in [3.05, 3.63) is 24.2 Å². The molecule has 2 rings (SSSR count). The Kier molecular flexibility index (Phi) is 2.70. The van der Waals surface area contributed by atoms with Crippen molar-refractivity contribution in [2.45, 2.75) is 6.04 Å². The third-order valence-corrected chi connectivity index (χ3v) is 2.37. The number of hydrogen-bond donors (Lipinski definition) is 1. The van der Waals surface area contributed by atoms with Crippen LogP contribution in [0.1, 0.15) is 11.8 Å². The second kappa shape index (κ2) is 4.15. The first-order valence-electron chi connectivity index (χ1n) is 4.76. The summed E-state index contributed by atoms with van der Waals surface area (Å²) in [7, 11) is 0. The molecule has 1 saturated heterocycles. The molecule has 5 heteroatoms. The maximum absolute atomic E-state index is 11.6. The van der Waals surface area contributed by atoms with E-state index in [2.05, 4.69) is 11.4 Å². The number of carbonyl (C=O) groups excluding carboxylic acids is 1. The highest BCUT2D eigenvalue weighted by molar-refractivity contribution is 5.79. The topological polar surface area (TPSA) is 69.3 Å². The summed E-state index contributed by atoms with van der Waals surface area (Å²) in [6.07, 6.45) is 1.51. The Hall–Kier alpha value is -1.80. The molecule has 1 aromatic heterocycles. The second-order valence-electron chi connectivity index (χ2n) is 3.31. The molecule has 2 heterocycles. The summed E-state index contributed by atoms with van der Waals surface area (Å²) in [5.74, 6) is 0.456. The first kappa shape index (κ1) is 9.74. The number of carbonyl (C=O) groups is 1. The molecule has 1 aliphatic heterocycles. The minimum atomic E-state index is -0.602. The summed E-state index contributed by atoms with van der Waals surface area (Å²) >= 11 is 0. The van der Waals surface area contributed by atoms with Gasteiger partial charge in [0.1, 0.15) is 5.76 Å². The van der Waals surface area contributed by atoms with E-state index in [-0.39, 0.29) is 5.91 Å². The van der Waals surface area contributed by atoms with E-state index < -0.39 is 6.04 Å². The lowest BCUT2D eigenvalue weighted by Crippen LogP contribution is -2.49. The van der Waals surface area contributed by atoms with E-state index in [1.54, 1.807) is 12.1 Å². The number of nitrogens with zero attached hydrogens (tertiary/aromatic N) is 2.